The van der Waals surface area contributed by atoms with Gasteiger partial charge in [-0.05, 0) is 29.7 Å². The predicted molar refractivity (Wildman–Crippen MR) is 114 cm³/mol. The van der Waals surface area contributed by atoms with Crippen molar-refractivity contribution in [3.63, 3.8) is 0 Å². The van der Waals surface area contributed by atoms with Gasteiger partial charge >= 0.3 is 6.18 Å². The molecule has 5 heteroatoms. The van der Waals surface area contributed by atoms with Gasteiger partial charge in [-0.3, -0.25) is 0 Å². The second-order valence-corrected chi connectivity index (χ2v) is 8.50. The van der Waals surface area contributed by atoms with Crippen LogP contribution in [0.15, 0.2) is 48.5 Å². The zero-order valence-electron chi connectivity index (χ0n) is 17.6. The summed E-state index contributed by atoms with van der Waals surface area (Å²) in [5.41, 5.74) is 4.32. The van der Waals surface area contributed by atoms with Crippen LogP contribution in [0.2, 0.25) is 0 Å². The summed E-state index contributed by atoms with van der Waals surface area (Å²) in [5, 5.41) is 1.73. The maximum absolute atomic E-state index is 13.5. The standard InChI is InChI=1S/C25H26F3N2/c1-4-20-18-12-9-11-17-16(15-25(26,27)28)14-22-19-10-7-8-13-21(19)30(29(22)23(17)18)24(20,5-2)6-3/h7-14,20H,4-6,15H2,1-3H3/q+1. The van der Waals surface area contributed by atoms with Crippen molar-refractivity contribution in [2.45, 2.75) is 64.1 Å². The van der Waals surface area contributed by atoms with E-state index in [1.54, 1.807) is 6.07 Å². The smallest absolute Gasteiger partial charge is 0.171 e. The van der Waals surface area contributed by atoms with Crippen molar-refractivity contribution < 1.29 is 17.9 Å². The van der Waals surface area contributed by atoms with E-state index in [0.29, 0.717) is 10.9 Å². The average Bonchev–Trinajstić information content (AvgIpc) is 3.06. The number of para-hydroxylation sites is 2. The summed E-state index contributed by atoms with van der Waals surface area (Å²) in [6.07, 6.45) is -2.29. The third-order valence-corrected chi connectivity index (χ3v) is 7.24. The number of alkyl halides is 3. The molecule has 1 aliphatic heterocycles. The average molecular weight is 411 g/mol. The minimum atomic E-state index is -4.25. The van der Waals surface area contributed by atoms with Gasteiger partial charge in [-0.1, -0.05) is 55.8 Å². The van der Waals surface area contributed by atoms with E-state index in [1.807, 2.05) is 30.3 Å². The van der Waals surface area contributed by atoms with Crippen molar-refractivity contribution >= 4 is 27.3 Å². The van der Waals surface area contributed by atoms with E-state index in [4.69, 9.17) is 0 Å². The number of nitrogens with zero attached hydrogens (tertiary/aromatic N) is 2. The Balaban J connectivity index is 2.06. The van der Waals surface area contributed by atoms with Crippen molar-refractivity contribution in [2.24, 2.45) is 0 Å². The molecule has 2 nitrogen and oxygen atoms in total. The van der Waals surface area contributed by atoms with E-state index in [0.717, 1.165) is 41.2 Å². The van der Waals surface area contributed by atoms with Gasteiger partial charge in [0.05, 0.1) is 17.7 Å². The van der Waals surface area contributed by atoms with E-state index in [9.17, 15) is 13.2 Å². The quantitative estimate of drug-likeness (QED) is 0.332. The Labute approximate surface area is 173 Å². The molecular formula is C25H26F3N2+. The summed E-state index contributed by atoms with van der Waals surface area (Å²) >= 11 is 0. The lowest BCUT2D eigenvalue weighted by Crippen LogP contribution is -2.64. The molecule has 5 rings (SSSR count). The highest BCUT2D eigenvalue weighted by molar-refractivity contribution is 5.98. The van der Waals surface area contributed by atoms with E-state index < -0.39 is 12.6 Å². The molecule has 0 amide bonds. The summed E-state index contributed by atoms with van der Waals surface area (Å²) in [7, 11) is 0. The minimum absolute atomic E-state index is 0.117. The Hall–Kier alpha value is -2.56. The Bertz CT molecular complexity index is 1280. The van der Waals surface area contributed by atoms with Crippen LogP contribution in [0.5, 0.6) is 0 Å². The van der Waals surface area contributed by atoms with Gasteiger partial charge in [0, 0.05) is 24.3 Å². The zero-order valence-corrected chi connectivity index (χ0v) is 17.6. The normalized spacial score (nSPS) is 18.1. The number of halogens is 3. The van der Waals surface area contributed by atoms with Crippen LogP contribution in [0.25, 0.3) is 27.3 Å². The molecule has 0 radical (unpaired) electrons. The third kappa shape index (κ3) is 2.41. The molecule has 0 saturated heterocycles. The first-order valence-electron chi connectivity index (χ1n) is 10.8. The molecule has 156 valence electrons. The number of hydrogen-bond acceptors (Lipinski definition) is 0. The van der Waals surface area contributed by atoms with Gasteiger partial charge in [-0.15, -0.1) is 4.52 Å². The predicted octanol–water partition coefficient (Wildman–Crippen LogP) is 6.66. The number of aromatic nitrogens is 2. The molecule has 0 spiro atoms. The molecule has 0 aliphatic carbocycles. The lowest BCUT2D eigenvalue weighted by atomic mass is 9.72. The van der Waals surface area contributed by atoms with Crippen LogP contribution in [0.4, 0.5) is 13.2 Å². The highest BCUT2D eigenvalue weighted by Gasteiger charge is 2.52. The highest BCUT2D eigenvalue weighted by Crippen LogP contribution is 2.46. The first kappa shape index (κ1) is 19.4. The maximum Gasteiger partial charge on any atom is 0.393 e. The fourth-order valence-corrected chi connectivity index (χ4v) is 6.03. The molecule has 3 heterocycles. The Morgan fingerprint density at radius 3 is 2.33 bits per heavy atom. The van der Waals surface area contributed by atoms with Crippen molar-refractivity contribution in [3.8, 4) is 0 Å². The Kier molecular flexibility index (Phi) is 4.18. The number of fused-ring (bicyclic) bond motifs is 3. The number of hydrogen-bond donors (Lipinski definition) is 0. The topological polar surface area (TPSA) is 8.29 Å². The molecule has 0 bridgehead atoms. The first-order chi connectivity index (χ1) is 14.4. The summed E-state index contributed by atoms with van der Waals surface area (Å²) in [6, 6.07) is 15.8. The monoisotopic (exact) mass is 411 g/mol. The van der Waals surface area contributed by atoms with Gasteiger partial charge in [0.15, 0.2) is 5.54 Å². The molecule has 0 saturated carbocycles. The molecule has 1 atom stereocenters. The van der Waals surface area contributed by atoms with Crippen LogP contribution < -0.4 is 4.68 Å². The second-order valence-electron chi connectivity index (χ2n) is 8.50. The molecule has 0 N–H and O–H groups in total. The summed E-state index contributed by atoms with van der Waals surface area (Å²) in [4.78, 5) is 0. The summed E-state index contributed by atoms with van der Waals surface area (Å²) in [6.45, 7) is 6.66. The van der Waals surface area contributed by atoms with Crippen LogP contribution in [-0.2, 0) is 12.0 Å². The number of rotatable bonds is 4. The largest absolute Gasteiger partial charge is 0.393 e. The van der Waals surface area contributed by atoms with Gasteiger partial charge in [-0.25, -0.2) is 0 Å². The molecular weight excluding hydrogens is 385 g/mol. The van der Waals surface area contributed by atoms with Crippen molar-refractivity contribution in [2.75, 3.05) is 0 Å². The van der Waals surface area contributed by atoms with E-state index in [2.05, 4.69) is 42.1 Å². The molecule has 2 aromatic heterocycles. The van der Waals surface area contributed by atoms with Gasteiger partial charge in [0.1, 0.15) is 11.0 Å². The molecule has 0 fully saturated rings. The Morgan fingerprint density at radius 1 is 0.967 bits per heavy atom. The molecule has 1 aliphatic rings. The number of pyridine rings is 1. The fraction of sp³-hybridized carbons (Fsp3) is 0.400. The SMILES string of the molecule is CCC1c2cccc3c(CC(F)(F)F)cc4c5ccccc5[n+](n4c23)C1(CC)CC. The van der Waals surface area contributed by atoms with Crippen LogP contribution in [0, 0.1) is 0 Å². The van der Waals surface area contributed by atoms with Crippen LogP contribution in [0.1, 0.15) is 57.1 Å². The second kappa shape index (κ2) is 6.47. The molecule has 30 heavy (non-hydrogen) atoms. The third-order valence-electron chi connectivity index (χ3n) is 7.24. The van der Waals surface area contributed by atoms with Crippen molar-refractivity contribution in [3.05, 3.63) is 59.7 Å². The van der Waals surface area contributed by atoms with Gasteiger partial charge in [0.2, 0.25) is 5.52 Å². The van der Waals surface area contributed by atoms with Crippen LogP contribution in [0.3, 0.4) is 0 Å². The van der Waals surface area contributed by atoms with E-state index >= 15 is 0 Å². The maximum atomic E-state index is 13.5. The van der Waals surface area contributed by atoms with Crippen LogP contribution >= 0.6 is 0 Å². The van der Waals surface area contributed by atoms with Crippen molar-refractivity contribution in [1.82, 2.24) is 4.52 Å². The van der Waals surface area contributed by atoms with Gasteiger partial charge in [0.25, 0.3) is 0 Å². The van der Waals surface area contributed by atoms with E-state index in [1.165, 1.54) is 5.56 Å². The minimum Gasteiger partial charge on any atom is -0.171 e. The summed E-state index contributed by atoms with van der Waals surface area (Å²) in [5.74, 6) is 0.247. The molecule has 1 unspecified atom stereocenters. The lowest BCUT2D eigenvalue weighted by molar-refractivity contribution is -0.805. The Morgan fingerprint density at radius 2 is 1.67 bits per heavy atom. The fourth-order valence-electron chi connectivity index (χ4n) is 6.03. The lowest BCUT2D eigenvalue weighted by Gasteiger charge is -2.37. The first-order valence-corrected chi connectivity index (χ1v) is 10.8. The molecule has 2 aromatic carbocycles. The van der Waals surface area contributed by atoms with Crippen molar-refractivity contribution in [1.29, 1.82) is 0 Å². The van der Waals surface area contributed by atoms with E-state index in [-0.39, 0.29) is 11.5 Å². The molecule has 4 aromatic rings. The highest BCUT2D eigenvalue weighted by atomic mass is 19.4. The summed E-state index contributed by atoms with van der Waals surface area (Å²) < 4.78 is 45.0. The van der Waals surface area contributed by atoms with Crippen LogP contribution in [-0.4, -0.2) is 10.7 Å². The van der Waals surface area contributed by atoms with Gasteiger partial charge in [-0.2, -0.15) is 13.2 Å². The number of benzene rings is 2. The zero-order chi connectivity index (χ0) is 21.3. The van der Waals surface area contributed by atoms with Gasteiger partial charge < -0.3 is 0 Å².